The number of likely N-dealkylation sites (N-methyl/N-ethyl adjacent to an activating group) is 1. The fourth-order valence-corrected chi connectivity index (χ4v) is 1.46. The van der Waals surface area contributed by atoms with E-state index in [9.17, 15) is 8.78 Å². The van der Waals surface area contributed by atoms with E-state index < -0.39 is 11.6 Å². The van der Waals surface area contributed by atoms with Gasteiger partial charge in [-0.25, -0.2) is 8.78 Å². The van der Waals surface area contributed by atoms with Crippen LogP contribution in [0.3, 0.4) is 0 Å². The third-order valence-electron chi connectivity index (χ3n) is 2.25. The fraction of sp³-hybridized carbons (Fsp3) is 0.500. The molecule has 0 radical (unpaired) electrons. The van der Waals surface area contributed by atoms with Gasteiger partial charge >= 0.3 is 0 Å². The maximum atomic E-state index is 12.9. The maximum absolute atomic E-state index is 12.9. The second-order valence-corrected chi connectivity index (χ2v) is 4.24. The Morgan fingerprint density at radius 3 is 2.59 bits per heavy atom. The molecule has 0 aliphatic rings. The lowest BCUT2D eigenvalue weighted by molar-refractivity contribution is 0.275. The maximum Gasteiger partial charge on any atom is 0.162 e. The van der Waals surface area contributed by atoms with E-state index in [4.69, 9.17) is 10.5 Å². The summed E-state index contributed by atoms with van der Waals surface area (Å²) >= 11 is 0. The average molecular weight is 244 g/mol. The summed E-state index contributed by atoms with van der Waals surface area (Å²) in [5, 5.41) is 0. The Labute approximate surface area is 100 Å². The second-order valence-electron chi connectivity index (χ2n) is 4.24. The molecule has 0 aromatic heterocycles. The highest BCUT2D eigenvalue weighted by Gasteiger charge is 2.06. The first-order valence-electron chi connectivity index (χ1n) is 5.47. The molecule has 1 aromatic carbocycles. The van der Waals surface area contributed by atoms with Crippen molar-refractivity contribution in [2.24, 2.45) is 5.73 Å². The number of benzene rings is 1. The highest BCUT2D eigenvalue weighted by atomic mass is 19.2. The van der Waals surface area contributed by atoms with Gasteiger partial charge in [0.2, 0.25) is 0 Å². The molecular weight excluding hydrogens is 226 g/mol. The smallest absolute Gasteiger partial charge is 0.162 e. The Hall–Kier alpha value is -1.20. The van der Waals surface area contributed by atoms with Crippen LogP contribution < -0.4 is 10.5 Å². The van der Waals surface area contributed by atoms with Gasteiger partial charge in [-0.2, -0.15) is 0 Å². The highest BCUT2D eigenvalue weighted by Crippen LogP contribution is 2.15. The number of nitrogens with two attached hydrogens (primary N) is 1. The molecule has 2 N–H and O–H groups in total. The molecule has 1 rings (SSSR count). The van der Waals surface area contributed by atoms with Crippen molar-refractivity contribution in [3.8, 4) is 5.75 Å². The number of halogens is 2. The van der Waals surface area contributed by atoms with Crippen molar-refractivity contribution >= 4 is 0 Å². The van der Waals surface area contributed by atoms with E-state index in [-0.39, 0.29) is 6.04 Å². The van der Waals surface area contributed by atoms with Gasteiger partial charge in [0.1, 0.15) is 5.75 Å². The molecule has 3 nitrogen and oxygen atoms in total. The Morgan fingerprint density at radius 1 is 1.29 bits per heavy atom. The van der Waals surface area contributed by atoms with Crippen LogP contribution in [0.1, 0.15) is 6.42 Å². The first-order valence-corrected chi connectivity index (χ1v) is 5.47. The normalized spacial score (nSPS) is 12.8. The second kappa shape index (κ2) is 6.51. The van der Waals surface area contributed by atoms with Gasteiger partial charge in [-0.15, -0.1) is 0 Å². The van der Waals surface area contributed by atoms with E-state index in [2.05, 4.69) is 0 Å². The zero-order valence-electron chi connectivity index (χ0n) is 10.1. The van der Waals surface area contributed by atoms with Gasteiger partial charge < -0.3 is 15.4 Å². The first-order chi connectivity index (χ1) is 7.99. The summed E-state index contributed by atoms with van der Waals surface area (Å²) in [5.74, 6) is -1.46. The third kappa shape index (κ3) is 5.10. The van der Waals surface area contributed by atoms with Gasteiger partial charge in [0.15, 0.2) is 11.6 Å². The fourth-order valence-electron chi connectivity index (χ4n) is 1.46. The molecule has 5 heteroatoms. The molecule has 0 amide bonds. The molecule has 0 bridgehead atoms. The summed E-state index contributed by atoms with van der Waals surface area (Å²) in [6.45, 7) is 1.15. The summed E-state index contributed by atoms with van der Waals surface area (Å²) in [5.41, 5.74) is 5.84. The van der Waals surface area contributed by atoms with Crippen LogP contribution in [0.2, 0.25) is 0 Å². The molecule has 0 aliphatic heterocycles. The van der Waals surface area contributed by atoms with E-state index in [0.29, 0.717) is 18.8 Å². The van der Waals surface area contributed by atoms with Crippen LogP contribution in [0.15, 0.2) is 18.2 Å². The topological polar surface area (TPSA) is 38.5 Å². The number of rotatable bonds is 6. The molecule has 0 fully saturated rings. The highest BCUT2D eigenvalue weighted by molar-refractivity contribution is 5.23. The lowest BCUT2D eigenvalue weighted by Crippen LogP contribution is -2.34. The monoisotopic (exact) mass is 244 g/mol. The lowest BCUT2D eigenvalue weighted by atomic mass is 10.2. The summed E-state index contributed by atoms with van der Waals surface area (Å²) in [6, 6.07) is 3.49. The Bertz CT molecular complexity index is 358. The molecule has 17 heavy (non-hydrogen) atoms. The molecule has 0 aliphatic carbocycles. The van der Waals surface area contributed by atoms with Crippen LogP contribution in [0.5, 0.6) is 5.75 Å². The number of hydrogen-bond acceptors (Lipinski definition) is 3. The van der Waals surface area contributed by atoms with E-state index in [1.165, 1.54) is 6.07 Å². The minimum Gasteiger partial charge on any atom is -0.493 e. The molecule has 0 spiro atoms. The van der Waals surface area contributed by atoms with Crippen molar-refractivity contribution < 1.29 is 13.5 Å². The molecular formula is C12H18F2N2O. The molecule has 1 atom stereocenters. The van der Waals surface area contributed by atoms with Crippen LogP contribution in [0, 0.1) is 11.6 Å². The molecule has 0 saturated carbocycles. The lowest BCUT2D eigenvalue weighted by Gasteiger charge is -2.16. The van der Waals surface area contributed by atoms with Gasteiger partial charge in [0, 0.05) is 18.7 Å². The van der Waals surface area contributed by atoms with Crippen molar-refractivity contribution in [2.45, 2.75) is 12.5 Å². The predicted molar refractivity (Wildman–Crippen MR) is 63.0 cm³/mol. The van der Waals surface area contributed by atoms with Crippen molar-refractivity contribution in [1.29, 1.82) is 0 Å². The average Bonchev–Trinajstić information content (AvgIpc) is 2.22. The van der Waals surface area contributed by atoms with E-state index >= 15 is 0 Å². The Kier molecular flexibility index (Phi) is 5.31. The Morgan fingerprint density at radius 2 is 2.00 bits per heavy atom. The minimum atomic E-state index is -0.903. The predicted octanol–water partition coefficient (Wildman–Crippen LogP) is 1.62. The zero-order chi connectivity index (χ0) is 12.8. The van der Waals surface area contributed by atoms with Crippen LogP contribution >= 0.6 is 0 Å². The van der Waals surface area contributed by atoms with Crippen molar-refractivity contribution in [3.63, 3.8) is 0 Å². The van der Waals surface area contributed by atoms with Gasteiger partial charge in [0.25, 0.3) is 0 Å². The molecule has 1 aromatic rings. The molecule has 1 unspecified atom stereocenters. The van der Waals surface area contributed by atoms with Gasteiger partial charge in [0.05, 0.1) is 6.61 Å². The van der Waals surface area contributed by atoms with Crippen LogP contribution in [-0.4, -0.2) is 38.2 Å². The quantitative estimate of drug-likeness (QED) is 0.826. The van der Waals surface area contributed by atoms with Crippen LogP contribution in [0.25, 0.3) is 0 Å². The summed E-state index contributed by atoms with van der Waals surface area (Å²) in [6.07, 6.45) is 0.664. The first kappa shape index (κ1) is 13.9. The van der Waals surface area contributed by atoms with Crippen LogP contribution in [0.4, 0.5) is 8.78 Å². The minimum absolute atomic E-state index is 0.00953. The van der Waals surface area contributed by atoms with Crippen LogP contribution in [-0.2, 0) is 0 Å². The molecule has 0 heterocycles. The van der Waals surface area contributed by atoms with Gasteiger partial charge in [-0.1, -0.05) is 0 Å². The van der Waals surface area contributed by atoms with Crippen molar-refractivity contribution in [3.05, 3.63) is 29.8 Å². The van der Waals surface area contributed by atoms with Gasteiger partial charge in [-0.3, -0.25) is 0 Å². The van der Waals surface area contributed by atoms with E-state index in [0.717, 1.165) is 18.7 Å². The third-order valence-corrected chi connectivity index (χ3v) is 2.25. The van der Waals surface area contributed by atoms with Crippen molar-refractivity contribution in [2.75, 3.05) is 27.2 Å². The Balaban J connectivity index is 2.33. The largest absolute Gasteiger partial charge is 0.493 e. The summed E-state index contributed by atoms with van der Waals surface area (Å²) in [7, 11) is 3.88. The number of hydrogen-bond donors (Lipinski definition) is 1. The molecule has 96 valence electrons. The standard InChI is InChI=1S/C12H18F2N2O/c1-16(2)8-9(15)5-6-17-10-3-4-11(13)12(14)7-10/h3-4,7,9H,5-6,8,15H2,1-2H3. The zero-order valence-corrected chi connectivity index (χ0v) is 10.1. The summed E-state index contributed by atoms with van der Waals surface area (Å²) in [4.78, 5) is 1.99. The van der Waals surface area contributed by atoms with Crippen molar-refractivity contribution in [1.82, 2.24) is 4.90 Å². The van der Waals surface area contributed by atoms with Gasteiger partial charge in [-0.05, 0) is 32.6 Å². The number of ether oxygens (including phenoxy) is 1. The molecule has 0 saturated heterocycles. The van der Waals surface area contributed by atoms with E-state index in [1.807, 2.05) is 19.0 Å². The number of nitrogens with zero attached hydrogens (tertiary/aromatic N) is 1. The van der Waals surface area contributed by atoms with E-state index in [1.54, 1.807) is 0 Å². The summed E-state index contributed by atoms with van der Waals surface area (Å²) < 4.78 is 30.8. The SMILES string of the molecule is CN(C)CC(N)CCOc1ccc(F)c(F)c1.